The second kappa shape index (κ2) is 7.70. The van der Waals surface area contributed by atoms with Crippen LogP contribution in [0.5, 0.6) is 0 Å². The largest absolute Gasteiger partial charge is 0.481 e. The first kappa shape index (κ1) is 13.3. The second-order valence-corrected chi connectivity index (χ2v) is 5.98. The Kier molecular flexibility index (Phi) is 7.32. The molecule has 1 atom stereocenters. The van der Waals surface area contributed by atoms with Crippen LogP contribution in [0, 0.1) is 0 Å². The van der Waals surface area contributed by atoms with Crippen LogP contribution in [0.1, 0.15) is 26.2 Å². The Balaban J connectivity index is 0.000000241. The summed E-state index contributed by atoms with van der Waals surface area (Å²) >= 11 is 0. The fourth-order valence-electron chi connectivity index (χ4n) is 1.11. The Bertz CT molecular complexity index is 175. The summed E-state index contributed by atoms with van der Waals surface area (Å²) in [4.78, 5) is 19.5. The molecule has 14 heavy (non-hydrogen) atoms. The highest BCUT2D eigenvalue weighted by atomic mass is 28.3. The van der Waals surface area contributed by atoms with Crippen molar-refractivity contribution in [3.63, 3.8) is 0 Å². The van der Waals surface area contributed by atoms with Crippen molar-refractivity contribution in [2.45, 2.75) is 38.8 Å². The van der Waals surface area contributed by atoms with E-state index in [4.69, 9.17) is 9.53 Å². The highest BCUT2D eigenvalue weighted by molar-refractivity contribution is 6.50. The summed E-state index contributed by atoms with van der Waals surface area (Å²) in [7, 11) is -0.595. The number of carboxylic acid groups (broad SMARTS) is 1. The van der Waals surface area contributed by atoms with Gasteiger partial charge >= 0.3 is 5.97 Å². The lowest BCUT2D eigenvalue weighted by atomic mass is 10.3. The zero-order valence-corrected chi connectivity index (χ0v) is 9.94. The molecular formula is C9H18O4Si. The lowest BCUT2D eigenvalue weighted by Gasteiger charge is -2.16. The minimum atomic E-state index is -1.06. The van der Waals surface area contributed by atoms with E-state index in [2.05, 4.69) is 6.55 Å². The number of carboxylic acids is 1. The summed E-state index contributed by atoms with van der Waals surface area (Å²) < 4.78 is 5.42. The number of carbonyl (C=O) groups excluding carboxylic acids is 1. The van der Waals surface area contributed by atoms with Gasteiger partial charge in [0, 0.05) is 6.61 Å². The highest BCUT2D eigenvalue weighted by Gasteiger charge is 2.08. The summed E-state index contributed by atoms with van der Waals surface area (Å²) in [5.41, 5.74) is 0. The smallest absolute Gasteiger partial charge is 0.310 e. The van der Waals surface area contributed by atoms with Gasteiger partial charge in [0.2, 0.25) is 0 Å². The molecule has 0 aliphatic carbocycles. The van der Waals surface area contributed by atoms with E-state index in [1.54, 1.807) is 0 Å². The van der Waals surface area contributed by atoms with Crippen LogP contribution in [0.4, 0.5) is 0 Å². The first-order valence-corrected chi connectivity index (χ1v) is 7.29. The van der Waals surface area contributed by atoms with Gasteiger partial charge in [-0.15, -0.1) is 0 Å². The number of rotatable bonds is 2. The maximum Gasteiger partial charge on any atom is 0.310 e. The van der Waals surface area contributed by atoms with E-state index in [0.29, 0.717) is 0 Å². The lowest BCUT2D eigenvalue weighted by molar-refractivity contribution is -0.139. The van der Waals surface area contributed by atoms with Crippen LogP contribution in [0.2, 0.25) is 12.6 Å². The standard InChI is InChI=1S/C5H12OSi.C4H6O3/c1-7-5-3-2-4-6-7;1-3(5)2-4(6)7/h7H,2-5H2,1H3;2H2,1H3,(H,6,7). The number of ketones is 1. The molecule has 0 aromatic rings. The Morgan fingerprint density at radius 1 is 1.43 bits per heavy atom. The van der Waals surface area contributed by atoms with Crippen molar-refractivity contribution in [2.75, 3.05) is 6.61 Å². The van der Waals surface area contributed by atoms with Crippen LogP contribution >= 0.6 is 0 Å². The molecule has 0 amide bonds. The molecule has 1 saturated heterocycles. The molecule has 1 aliphatic rings. The van der Waals surface area contributed by atoms with Crippen molar-refractivity contribution in [1.29, 1.82) is 0 Å². The highest BCUT2D eigenvalue weighted by Crippen LogP contribution is 2.09. The maximum absolute atomic E-state index is 9.87. The number of Topliss-reactive ketones (excluding diaryl/α,β-unsaturated/α-hetero) is 1. The Hall–Kier alpha value is -0.683. The molecular weight excluding hydrogens is 200 g/mol. The zero-order chi connectivity index (χ0) is 11.0. The molecule has 0 radical (unpaired) electrons. The fraction of sp³-hybridized carbons (Fsp3) is 0.778. The molecule has 1 fully saturated rings. The van der Waals surface area contributed by atoms with Crippen molar-refractivity contribution >= 4 is 20.8 Å². The van der Waals surface area contributed by atoms with Crippen LogP contribution in [0.15, 0.2) is 0 Å². The van der Waals surface area contributed by atoms with Crippen molar-refractivity contribution in [3.05, 3.63) is 0 Å². The van der Waals surface area contributed by atoms with Crippen LogP contribution in [-0.4, -0.2) is 32.5 Å². The quantitative estimate of drug-likeness (QED) is 0.559. The van der Waals surface area contributed by atoms with Gasteiger partial charge < -0.3 is 9.53 Å². The molecule has 1 heterocycles. The van der Waals surface area contributed by atoms with E-state index < -0.39 is 15.0 Å². The van der Waals surface area contributed by atoms with Crippen molar-refractivity contribution < 1.29 is 19.1 Å². The van der Waals surface area contributed by atoms with Gasteiger partial charge in [-0.1, -0.05) is 6.42 Å². The zero-order valence-electron chi connectivity index (χ0n) is 8.78. The van der Waals surface area contributed by atoms with E-state index >= 15 is 0 Å². The van der Waals surface area contributed by atoms with Gasteiger partial charge in [0.25, 0.3) is 0 Å². The summed E-state index contributed by atoms with van der Waals surface area (Å²) in [6.07, 6.45) is 2.37. The third-order valence-corrected chi connectivity index (χ3v) is 3.83. The Morgan fingerprint density at radius 2 is 2.07 bits per heavy atom. The van der Waals surface area contributed by atoms with Crippen LogP contribution in [0.25, 0.3) is 0 Å². The van der Waals surface area contributed by atoms with Crippen molar-refractivity contribution in [2.24, 2.45) is 0 Å². The first-order chi connectivity index (χ1) is 6.52. The number of aliphatic carboxylic acids is 1. The average Bonchev–Trinajstić information content (AvgIpc) is 2.03. The summed E-state index contributed by atoms with van der Waals surface area (Å²) in [6.45, 7) is 4.57. The SMILES string of the molecule is CC(=O)CC(=O)O.C[SiH]1CCCCO1. The van der Waals surface area contributed by atoms with Gasteiger partial charge in [0.15, 0.2) is 9.04 Å². The molecule has 0 bridgehead atoms. The van der Waals surface area contributed by atoms with E-state index in [-0.39, 0.29) is 12.2 Å². The summed E-state index contributed by atoms with van der Waals surface area (Å²) in [6, 6.07) is 1.40. The topological polar surface area (TPSA) is 63.6 Å². The maximum atomic E-state index is 9.87. The molecule has 82 valence electrons. The third-order valence-electron chi connectivity index (χ3n) is 1.81. The van der Waals surface area contributed by atoms with E-state index in [9.17, 15) is 9.59 Å². The van der Waals surface area contributed by atoms with Crippen molar-refractivity contribution in [1.82, 2.24) is 0 Å². The first-order valence-electron chi connectivity index (χ1n) is 4.85. The van der Waals surface area contributed by atoms with Crippen LogP contribution in [-0.2, 0) is 14.0 Å². The van der Waals surface area contributed by atoms with E-state index in [1.807, 2.05) is 0 Å². The minimum Gasteiger partial charge on any atom is -0.481 e. The third kappa shape index (κ3) is 9.41. The Morgan fingerprint density at radius 3 is 2.21 bits per heavy atom. The molecule has 1 unspecified atom stereocenters. The predicted molar refractivity (Wildman–Crippen MR) is 55.9 cm³/mol. The van der Waals surface area contributed by atoms with E-state index in [0.717, 1.165) is 6.61 Å². The van der Waals surface area contributed by atoms with Gasteiger partial charge in [-0.25, -0.2) is 0 Å². The van der Waals surface area contributed by atoms with Gasteiger partial charge in [0.1, 0.15) is 12.2 Å². The van der Waals surface area contributed by atoms with Gasteiger partial charge in [-0.3, -0.25) is 9.59 Å². The molecule has 4 nitrogen and oxygen atoms in total. The fourth-order valence-corrected chi connectivity index (χ4v) is 2.71. The Labute approximate surface area is 86.0 Å². The molecule has 0 saturated carbocycles. The van der Waals surface area contributed by atoms with E-state index in [1.165, 1.54) is 25.8 Å². The molecule has 0 spiro atoms. The number of carbonyl (C=O) groups is 2. The molecule has 0 aromatic heterocycles. The molecule has 1 rings (SSSR count). The number of hydrogen-bond donors (Lipinski definition) is 1. The monoisotopic (exact) mass is 218 g/mol. The van der Waals surface area contributed by atoms with Gasteiger partial charge in [-0.2, -0.15) is 0 Å². The second-order valence-electron chi connectivity index (χ2n) is 3.45. The van der Waals surface area contributed by atoms with Crippen molar-refractivity contribution in [3.8, 4) is 0 Å². The van der Waals surface area contributed by atoms with Gasteiger partial charge in [0.05, 0.1) is 0 Å². The minimum absolute atomic E-state index is 0.312. The summed E-state index contributed by atoms with van der Waals surface area (Å²) in [5.74, 6) is -1.37. The molecule has 5 heteroatoms. The van der Waals surface area contributed by atoms with Crippen LogP contribution in [0.3, 0.4) is 0 Å². The molecule has 1 N–H and O–H groups in total. The van der Waals surface area contributed by atoms with Gasteiger partial charge in [-0.05, 0) is 25.9 Å². The van der Waals surface area contributed by atoms with Crippen LogP contribution < -0.4 is 0 Å². The average molecular weight is 218 g/mol. The lowest BCUT2D eigenvalue weighted by Crippen LogP contribution is -2.18. The summed E-state index contributed by atoms with van der Waals surface area (Å²) in [5, 5.41) is 7.86. The molecule has 0 aromatic carbocycles. The number of hydrogen-bond acceptors (Lipinski definition) is 3. The predicted octanol–water partition coefficient (Wildman–Crippen LogP) is 1.20. The molecule has 1 aliphatic heterocycles. The normalized spacial score (nSPS) is 20.6.